The third kappa shape index (κ3) is 3.81. The Morgan fingerprint density at radius 3 is 2.67 bits per heavy atom. The summed E-state index contributed by atoms with van der Waals surface area (Å²) in [7, 11) is 0. The standard InChI is InChI=1S/C11H14N2O2/c1-2-3-8-12-13-10-6-4-9(5-7-10)11(14)15/h4-8,13H,2-3H2,1H3,(H,14,15)/b12-8-. The summed E-state index contributed by atoms with van der Waals surface area (Å²) < 4.78 is 0. The van der Waals surface area contributed by atoms with Crippen molar-refractivity contribution in [2.45, 2.75) is 19.8 Å². The van der Waals surface area contributed by atoms with Crippen LogP contribution in [0.25, 0.3) is 0 Å². The van der Waals surface area contributed by atoms with E-state index in [4.69, 9.17) is 5.11 Å². The second-order valence-corrected chi connectivity index (χ2v) is 3.09. The topological polar surface area (TPSA) is 61.7 Å². The molecule has 4 nitrogen and oxygen atoms in total. The van der Waals surface area contributed by atoms with Crippen LogP contribution < -0.4 is 5.43 Å². The molecule has 0 amide bonds. The normalized spacial score (nSPS) is 10.5. The molecule has 0 unspecified atom stereocenters. The van der Waals surface area contributed by atoms with E-state index in [0.717, 1.165) is 18.5 Å². The van der Waals surface area contributed by atoms with Crippen LogP contribution in [0.1, 0.15) is 30.1 Å². The molecule has 0 saturated carbocycles. The number of carboxylic acid groups (broad SMARTS) is 1. The predicted octanol–water partition coefficient (Wildman–Crippen LogP) is 2.58. The van der Waals surface area contributed by atoms with E-state index < -0.39 is 5.97 Å². The lowest BCUT2D eigenvalue weighted by molar-refractivity contribution is 0.0697. The van der Waals surface area contributed by atoms with E-state index >= 15 is 0 Å². The van der Waals surface area contributed by atoms with Gasteiger partial charge in [0, 0.05) is 6.21 Å². The molecule has 0 aliphatic rings. The van der Waals surface area contributed by atoms with E-state index in [1.165, 1.54) is 0 Å². The number of unbranched alkanes of at least 4 members (excludes halogenated alkanes) is 1. The van der Waals surface area contributed by atoms with Crippen molar-refractivity contribution in [2.24, 2.45) is 5.10 Å². The molecule has 1 aromatic carbocycles. The number of rotatable bonds is 5. The first-order valence-electron chi connectivity index (χ1n) is 4.85. The fourth-order valence-corrected chi connectivity index (χ4v) is 1.00. The maximum absolute atomic E-state index is 10.6. The van der Waals surface area contributed by atoms with Crippen LogP contribution in [-0.4, -0.2) is 17.3 Å². The minimum atomic E-state index is -0.920. The summed E-state index contributed by atoms with van der Waals surface area (Å²) in [5, 5.41) is 12.7. The SMILES string of the molecule is CCC/C=N\Nc1ccc(C(=O)O)cc1. The first-order valence-corrected chi connectivity index (χ1v) is 4.85. The number of benzene rings is 1. The maximum atomic E-state index is 10.6. The van der Waals surface area contributed by atoms with Gasteiger partial charge in [-0.05, 0) is 30.7 Å². The van der Waals surface area contributed by atoms with E-state index in [0.29, 0.717) is 0 Å². The molecular formula is C11H14N2O2. The molecule has 15 heavy (non-hydrogen) atoms. The zero-order valence-electron chi connectivity index (χ0n) is 8.60. The molecule has 4 heteroatoms. The summed E-state index contributed by atoms with van der Waals surface area (Å²) in [6, 6.07) is 6.46. The molecule has 0 spiro atoms. The second kappa shape index (κ2) is 5.80. The van der Waals surface area contributed by atoms with Gasteiger partial charge in [-0.25, -0.2) is 4.79 Å². The molecule has 1 aromatic rings. The summed E-state index contributed by atoms with van der Waals surface area (Å²) in [5.41, 5.74) is 3.88. The van der Waals surface area contributed by atoms with E-state index in [-0.39, 0.29) is 5.56 Å². The van der Waals surface area contributed by atoms with E-state index in [1.54, 1.807) is 30.5 Å². The lowest BCUT2D eigenvalue weighted by Crippen LogP contribution is -1.96. The quantitative estimate of drug-likeness (QED) is 0.575. The third-order valence-corrected chi connectivity index (χ3v) is 1.83. The van der Waals surface area contributed by atoms with Gasteiger partial charge in [-0.2, -0.15) is 5.10 Å². The van der Waals surface area contributed by atoms with Crippen LogP contribution in [0.15, 0.2) is 29.4 Å². The van der Waals surface area contributed by atoms with Crippen molar-refractivity contribution >= 4 is 17.9 Å². The molecule has 0 fully saturated rings. The summed E-state index contributed by atoms with van der Waals surface area (Å²) in [4.78, 5) is 10.6. The molecule has 0 aromatic heterocycles. The number of hydrogen-bond donors (Lipinski definition) is 2. The lowest BCUT2D eigenvalue weighted by Gasteiger charge is -2.00. The number of carboxylic acids is 1. The Balaban J connectivity index is 2.53. The van der Waals surface area contributed by atoms with Crippen molar-refractivity contribution < 1.29 is 9.90 Å². The average Bonchev–Trinajstić information content (AvgIpc) is 2.25. The Labute approximate surface area is 88.6 Å². The van der Waals surface area contributed by atoms with Crippen LogP contribution in [0.2, 0.25) is 0 Å². The molecule has 0 atom stereocenters. The molecule has 80 valence electrons. The van der Waals surface area contributed by atoms with Crippen LogP contribution in [0.4, 0.5) is 5.69 Å². The minimum Gasteiger partial charge on any atom is -0.478 e. The smallest absolute Gasteiger partial charge is 0.335 e. The second-order valence-electron chi connectivity index (χ2n) is 3.09. The fourth-order valence-electron chi connectivity index (χ4n) is 1.00. The van der Waals surface area contributed by atoms with Gasteiger partial charge in [-0.3, -0.25) is 5.43 Å². The van der Waals surface area contributed by atoms with Gasteiger partial charge in [0.2, 0.25) is 0 Å². The molecule has 0 aliphatic carbocycles. The van der Waals surface area contributed by atoms with Crippen molar-refractivity contribution in [1.82, 2.24) is 0 Å². The highest BCUT2D eigenvalue weighted by molar-refractivity contribution is 5.88. The Bertz CT molecular complexity index is 344. The van der Waals surface area contributed by atoms with Crippen molar-refractivity contribution in [1.29, 1.82) is 0 Å². The first kappa shape index (κ1) is 11.2. The third-order valence-electron chi connectivity index (χ3n) is 1.83. The molecule has 0 heterocycles. The van der Waals surface area contributed by atoms with Gasteiger partial charge >= 0.3 is 5.97 Å². The lowest BCUT2D eigenvalue weighted by atomic mass is 10.2. The van der Waals surface area contributed by atoms with E-state index in [9.17, 15) is 4.79 Å². The number of hydrogen-bond acceptors (Lipinski definition) is 3. The summed E-state index contributed by atoms with van der Waals surface area (Å²) >= 11 is 0. The van der Waals surface area contributed by atoms with Gasteiger partial charge in [0.05, 0.1) is 11.3 Å². The summed E-state index contributed by atoms with van der Waals surface area (Å²) in [5.74, 6) is -0.920. The van der Waals surface area contributed by atoms with Gasteiger partial charge < -0.3 is 5.11 Å². The van der Waals surface area contributed by atoms with Crippen LogP contribution in [0.5, 0.6) is 0 Å². The molecule has 0 radical (unpaired) electrons. The maximum Gasteiger partial charge on any atom is 0.335 e. The Morgan fingerprint density at radius 1 is 1.47 bits per heavy atom. The van der Waals surface area contributed by atoms with Gasteiger partial charge in [0.25, 0.3) is 0 Å². The molecule has 2 N–H and O–H groups in total. The monoisotopic (exact) mass is 206 g/mol. The van der Waals surface area contributed by atoms with E-state index in [2.05, 4.69) is 17.5 Å². The number of carbonyl (C=O) groups is 1. The molecular weight excluding hydrogens is 192 g/mol. The van der Waals surface area contributed by atoms with Crippen molar-refractivity contribution in [3.63, 3.8) is 0 Å². The van der Waals surface area contributed by atoms with Crippen LogP contribution >= 0.6 is 0 Å². The largest absolute Gasteiger partial charge is 0.478 e. The van der Waals surface area contributed by atoms with Crippen molar-refractivity contribution in [2.75, 3.05) is 5.43 Å². The molecule has 0 bridgehead atoms. The van der Waals surface area contributed by atoms with Crippen molar-refractivity contribution in [3.05, 3.63) is 29.8 Å². The number of hydrazone groups is 1. The number of aromatic carboxylic acids is 1. The predicted molar refractivity (Wildman–Crippen MR) is 60.4 cm³/mol. The minimum absolute atomic E-state index is 0.276. The highest BCUT2D eigenvalue weighted by atomic mass is 16.4. The number of nitrogens with one attached hydrogen (secondary N) is 1. The Morgan fingerprint density at radius 2 is 2.13 bits per heavy atom. The van der Waals surface area contributed by atoms with E-state index in [1.807, 2.05) is 0 Å². The van der Waals surface area contributed by atoms with Gasteiger partial charge in [-0.1, -0.05) is 13.3 Å². The van der Waals surface area contributed by atoms with Gasteiger partial charge in [0.1, 0.15) is 0 Å². The molecule has 0 saturated heterocycles. The summed E-state index contributed by atoms with van der Waals surface area (Å²) in [6.07, 6.45) is 3.79. The van der Waals surface area contributed by atoms with Gasteiger partial charge in [-0.15, -0.1) is 0 Å². The summed E-state index contributed by atoms with van der Waals surface area (Å²) in [6.45, 7) is 2.08. The zero-order valence-corrected chi connectivity index (χ0v) is 8.60. The van der Waals surface area contributed by atoms with Crippen molar-refractivity contribution in [3.8, 4) is 0 Å². The number of anilines is 1. The zero-order chi connectivity index (χ0) is 11.1. The Hall–Kier alpha value is -1.84. The fraction of sp³-hybridized carbons (Fsp3) is 0.273. The van der Waals surface area contributed by atoms with Crippen LogP contribution in [0.3, 0.4) is 0 Å². The Kier molecular flexibility index (Phi) is 4.34. The highest BCUT2D eigenvalue weighted by Crippen LogP contribution is 2.09. The van der Waals surface area contributed by atoms with Gasteiger partial charge in [0.15, 0.2) is 0 Å². The number of nitrogens with zero attached hydrogens (tertiary/aromatic N) is 1. The first-order chi connectivity index (χ1) is 7.24. The van der Waals surface area contributed by atoms with Crippen LogP contribution in [-0.2, 0) is 0 Å². The van der Waals surface area contributed by atoms with Crippen LogP contribution in [0, 0.1) is 0 Å². The molecule has 1 rings (SSSR count). The highest BCUT2D eigenvalue weighted by Gasteiger charge is 2.00. The molecule has 0 aliphatic heterocycles. The average molecular weight is 206 g/mol.